The fourth-order valence-corrected chi connectivity index (χ4v) is 4.51. The van der Waals surface area contributed by atoms with Gasteiger partial charge in [0.05, 0.1) is 4.90 Å². The molecule has 2 rings (SSSR count). The topological polar surface area (TPSA) is 64.0 Å². The molecule has 0 saturated carbocycles. The normalized spacial score (nSPS) is 11.8. The van der Waals surface area contributed by atoms with Crippen molar-refractivity contribution < 1.29 is 8.42 Å². The van der Waals surface area contributed by atoms with E-state index in [4.69, 9.17) is 0 Å². The van der Waals surface area contributed by atoms with Gasteiger partial charge in [-0.1, -0.05) is 15.9 Å². The molecule has 0 amide bonds. The molecular formula is C12H13Br2N3O2S. The first kappa shape index (κ1) is 15.7. The van der Waals surface area contributed by atoms with E-state index in [2.05, 4.69) is 41.7 Å². The van der Waals surface area contributed by atoms with Gasteiger partial charge >= 0.3 is 0 Å². The number of aryl methyl sites for hydroxylation is 1. The Morgan fingerprint density at radius 1 is 1.30 bits per heavy atom. The lowest BCUT2D eigenvalue weighted by molar-refractivity contribution is 0.579. The Kier molecular flexibility index (Phi) is 5.00. The second-order valence-corrected chi connectivity index (χ2v) is 7.67. The molecule has 0 radical (unpaired) electrons. The summed E-state index contributed by atoms with van der Waals surface area (Å²) in [4.78, 5) is 0.228. The summed E-state index contributed by atoms with van der Waals surface area (Å²) in [5.74, 6) is 0. The summed E-state index contributed by atoms with van der Waals surface area (Å²) >= 11 is 6.56. The van der Waals surface area contributed by atoms with Gasteiger partial charge in [-0.2, -0.15) is 5.10 Å². The van der Waals surface area contributed by atoms with Gasteiger partial charge < -0.3 is 0 Å². The third-order valence-electron chi connectivity index (χ3n) is 2.78. The Hall–Kier alpha value is -0.700. The molecule has 1 aromatic heterocycles. The number of benzene rings is 1. The highest BCUT2D eigenvalue weighted by Crippen LogP contribution is 2.25. The predicted octanol–water partition coefficient (Wildman–Crippen LogP) is 2.47. The maximum Gasteiger partial charge on any atom is 0.241 e. The zero-order valence-corrected chi connectivity index (χ0v) is 14.7. The predicted molar refractivity (Wildman–Crippen MR) is 83.9 cm³/mol. The first-order valence-electron chi connectivity index (χ1n) is 5.82. The fraction of sp³-hybridized carbons (Fsp3) is 0.250. The lowest BCUT2D eigenvalue weighted by Gasteiger charge is -2.09. The Bertz CT molecular complexity index is 713. The fourth-order valence-electron chi connectivity index (χ4n) is 1.73. The molecule has 0 saturated heterocycles. The molecule has 1 N–H and O–H groups in total. The summed E-state index contributed by atoms with van der Waals surface area (Å²) in [6, 6.07) is 6.82. The maximum atomic E-state index is 12.2. The summed E-state index contributed by atoms with van der Waals surface area (Å²) in [6.45, 7) is 0.324. The highest BCUT2D eigenvalue weighted by molar-refractivity contribution is 9.11. The molecule has 0 unspecified atom stereocenters. The number of sulfonamides is 1. The van der Waals surface area contributed by atoms with Gasteiger partial charge in [0.25, 0.3) is 0 Å². The Balaban J connectivity index is 2.06. The van der Waals surface area contributed by atoms with E-state index in [-0.39, 0.29) is 4.90 Å². The number of hydrogen-bond acceptors (Lipinski definition) is 3. The van der Waals surface area contributed by atoms with Gasteiger partial charge in [0.2, 0.25) is 10.0 Å². The van der Waals surface area contributed by atoms with Crippen LogP contribution in [0.3, 0.4) is 0 Å². The van der Waals surface area contributed by atoms with E-state index < -0.39 is 10.0 Å². The lowest BCUT2D eigenvalue weighted by Crippen LogP contribution is -2.26. The van der Waals surface area contributed by atoms with E-state index in [1.165, 1.54) is 0 Å². The van der Waals surface area contributed by atoms with E-state index in [9.17, 15) is 8.42 Å². The first-order chi connectivity index (χ1) is 9.40. The van der Waals surface area contributed by atoms with E-state index >= 15 is 0 Å². The van der Waals surface area contributed by atoms with Gasteiger partial charge in [-0.3, -0.25) is 4.68 Å². The molecule has 8 heteroatoms. The molecule has 20 heavy (non-hydrogen) atoms. The lowest BCUT2D eigenvalue weighted by atomic mass is 10.3. The van der Waals surface area contributed by atoms with Crippen LogP contribution in [0.2, 0.25) is 0 Å². The number of rotatable bonds is 5. The Morgan fingerprint density at radius 3 is 2.65 bits per heavy atom. The Labute approximate surface area is 134 Å². The van der Waals surface area contributed by atoms with Crippen LogP contribution in [-0.2, 0) is 23.5 Å². The molecule has 1 heterocycles. The zero-order chi connectivity index (χ0) is 14.8. The molecule has 2 aromatic rings. The summed E-state index contributed by atoms with van der Waals surface area (Å²) in [6.07, 6.45) is 2.28. The number of nitrogens with zero attached hydrogens (tertiary/aromatic N) is 2. The summed E-state index contributed by atoms with van der Waals surface area (Å²) in [5, 5.41) is 4.04. The van der Waals surface area contributed by atoms with Crippen LogP contribution in [0.5, 0.6) is 0 Å². The molecule has 0 aliphatic carbocycles. The van der Waals surface area contributed by atoms with Crippen molar-refractivity contribution in [1.82, 2.24) is 14.5 Å². The van der Waals surface area contributed by atoms with Crippen molar-refractivity contribution in [3.05, 3.63) is 45.1 Å². The minimum Gasteiger partial charge on any atom is -0.273 e. The van der Waals surface area contributed by atoms with Crippen LogP contribution in [0.15, 0.2) is 44.3 Å². The van der Waals surface area contributed by atoms with Gasteiger partial charge in [-0.15, -0.1) is 0 Å². The van der Waals surface area contributed by atoms with Gasteiger partial charge in [-0.05, 0) is 40.2 Å². The summed E-state index contributed by atoms with van der Waals surface area (Å²) in [7, 11) is -1.69. The number of hydrogen-bond donors (Lipinski definition) is 1. The molecule has 108 valence electrons. The smallest absolute Gasteiger partial charge is 0.241 e. The summed E-state index contributed by atoms with van der Waals surface area (Å²) in [5.41, 5.74) is 0.975. The van der Waals surface area contributed by atoms with Crippen molar-refractivity contribution in [2.75, 3.05) is 6.54 Å². The monoisotopic (exact) mass is 421 g/mol. The average molecular weight is 423 g/mol. The average Bonchev–Trinajstić information content (AvgIpc) is 2.74. The van der Waals surface area contributed by atoms with Crippen LogP contribution >= 0.6 is 31.9 Å². The standard InChI is InChI=1S/C12H13Br2N3O2S/c1-17-10(4-6-15-17)5-7-16-20(18,19)12-3-2-9(13)8-11(12)14/h2-4,6,8,16H,5,7H2,1H3. The van der Waals surface area contributed by atoms with Gasteiger partial charge in [0.15, 0.2) is 0 Å². The highest BCUT2D eigenvalue weighted by atomic mass is 79.9. The third-order valence-corrected chi connectivity index (χ3v) is 5.71. The number of halogens is 2. The van der Waals surface area contributed by atoms with Crippen molar-refractivity contribution in [2.45, 2.75) is 11.3 Å². The third kappa shape index (κ3) is 3.69. The first-order valence-corrected chi connectivity index (χ1v) is 8.88. The van der Waals surface area contributed by atoms with Gasteiger partial charge in [-0.25, -0.2) is 13.1 Å². The van der Waals surface area contributed by atoms with Crippen LogP contribution in [0.25, 0.3) is 0 Å². The van der Waals surface area contributed by atoms with Crippen LogP contribution in [-0.4, -0.2) is 24.7 Å². The van der Waals surface area contributed by atoms with Crippen molar-refractivity contribution in [3.8, 4) is 0 Å². The minimum atomic E-state index is -3.52. The maximum absolute atomic E-state index is 12.2. The van der Waals surface area contributed by atoms with Crippen molar-refractivity contribution in [2.24, 2.45) is 7.05 Å². The minimum absolute atomic E-state index is 0.228. The van der Waals surface area contributed by atoms with Crippen LogP contribution in [0, 0.1) is 0 Å². The largest absolute Gasteiger partial charge is 0.273 e. The molecule has 1 aromatic carbocycles. The molecule has 0 fully saturated rings. The quantitative estimate of drug-likeness (QED) is 0.804. The molecule has 0 atom stereocenters. The second kappa shape index (κ2) is 6.38. The highest BCUT2D eigenvalue weighted by Gasteiger charge is 2.17. The van der Waals surface area contributed by atoms with E-state index in [0.29, 0.717) is 17.4 Å². The van der Waals surface area contributed by atoms with Crippen molar-refractivity contribution >= 4 is 41.9 Å². The van der Waals surface area contributed by atoms with Crippen LogP contribution in [0.4, 0.5) is 0 Å². The van der Waals surface area contributed by atoms with E-state index in [1.807, 2.05) is 13.1 Å². The molecular weight excluding hydrogens is 410 g/mol. The summed E-state index contributed by atoms with van der Waals surface area (Å²) < 4.78 is 30.1. The molecule has 0 aliphatic rings. The van der Waals surface area contributed by atoms with Crippen LogP contribution in [0.1, 0.15) is 5.69 Å². The SMILES string of the molecule is Cn1nccc1CCNS(=O)(=O)c1ccc(Br)cc1Br. The molecule has 0 aliphatic heterocycles. The molecule has 5 nitrogen and oxygen atoms in total. The number of nitrogens with one attached hydrogen (secondary N) is 1. The zero-order valence-electron chi connectivity index (χ0n) is 10.7. The van der Waals surface area contributed by atoms with Crippen molar-refractivity contribution in [3.63, 3.8) is 0 Å². The van der Waals surface area contributed by atoms with E-state index in [1.54, 1.807) is 29.1 Å². The van der Waals surface area contributed by atoms with Gasteiger partial charge in [0.1, 0.15) is 0 Å². The second-order valence-electron chi connectivity index (χ2n) is 4.17. The number of aromatic nitrogens is 2. The van der Waals surface area contributed by atoms with Crippen LogP contribution < -0.4 is 4.72 Å². The van der Waals surface area contributed by atoms with E-state index in [0.717, 1.165) is 10.2 Å². The van der Waals surface area contributed by atoms with Crippen molar-refractivity contribution in [1.29, 1.82) is 0 Å². The molecule has 0 bridgehead atoms. The molecule has 0 spiro atoms. The van der Waals surface area contributed by atoms with Gasteiger partial charge in [0, 0.05) is 40.8 Å². The Morgan fingerprint density at radius 2 is 2.05 bits per heavy atom.